The number of hydrogen-bond donors (Lipinski definition) is 0. The molecule has 1 aromatic heterocycles. The predicted octanol–water partition coefficient (Wildman–Crippen LogP) is 4.41. The Morgan fingerprint density at radius 1 is 1.28 bits per heavy atom. The van der Waals surface area contributed by atoms with Crippen molar-refractivity contribution in [2.45, 2.75) is 39.7 Å². The van der Waals surface area contributed by atoms with Crippen molar-refractivity contribution in [1.82, 2.24) is 9.66 Å². The van der Waals surface area contributed by atoms with Gasteiger partial charge in [0.25, 0.3) is 5.56 Å². The summed E-state index contributed by atoms with van der Waals surface area (Å²) in [6, 6.07) is 7.86. The van der Waals surface area contributed by atoms with Gasteiger partial charge >= 0.3 is 11.7 Å². The van der Waals surface area contributed by atoms with Crippen molar-refractivity contribution in [2.75, 3.05) is 13.7 Å². The van der Waals surface area contributed by atoms with E-state index in [1.165, 1.54) is 37.1 Å². The number of benzene rings is 2. The highest BCUT2D eigenvalue weighted by atomic mass is 79.9. The number of methoxy groups -OCH3 is 1. The molecule has 0 saturated carbocycles. The first kappa shape index (κ1) is 26.8. The van der Waals surface area contributed by atoms with Crippen LogP contribution in [0.15, 0.2) is 44.7 Å². The number of nitro groups is 1. The standard InChI is InChI=1S/C24H25BrN4O7/c1-6-35-24(31)14(4)36-21-19(29(32)33)9-15(10-20(21)34-5)12-26-28-22(13(2)3)27-18-8-7-16(25)11-17(18)23(28)30/h7-14H,6H2,1-5H3/t14-/m1/s1. The van der Waals surface area contributed by atoms with E-state index in [0.717, 1.165) is 4.47 Å². The number of carbonyl (C=O) groups is 1. The zero-order valence-corrected chi connectivity index (χ0v) is 21.9. The van der Waals surface area contributed by atoms with Gasteiger partial charge in [-0.2, -0.15) is 9.78 Å². The Morgan fingerprint density at radius 2 is 2.00 bits per heavy atom. The molecule has 12 heteroatoms. The summed E-state index contributed by atoms with van der Waals surface area (Å²) in [6.45, 7) is 6.95. The number of hydrogen-bond acceptors (Lipinski definition) is 9. The largest absolute Gasteiger partial charge is 0.493 e. The van der Waals surface area contributed by atoms with Crippen molar-refractivity contribution in [3.05, 3.63) is 66.7 Å². The number of esters is 1. The third-order valence-electron chi connectivity index (χ3n) is 5.06. The van der Waals surface area contributed by atoms with E-state index in [1.54, 1.807) is 25.1 Å². The van der Waals surface area contributed by atoms with Gasteiger partial charge in [-0.15, -0.1) is 0 Å². The Bertz CT molecular complexity index is 1400. The molecule has 190 valence electrons. The number of halogens is 1. The van der Waals surface area contributed by atoms with Crippen LogP contribution in [0.2, 0.25) is 0 Å². The first-order valence-corrected chi connectivity index (χ1v) is 11.8. The summed E-state index contributed by atoms with van der Waals surface area (Å²) in [5.74, 6) is -0.588. The lowest BCUT2D eigenvalue weighted by atomic mass is 10.1. The van der Waals surface area contributed by atoms with Gasteiger partial charge in [0, 0.05) is 22.0 Å². The molecule has 3 aromatic rings. The van der Waals surface area contributed by atoms with Crippen LogP contribution < -0.4 is 15.0 Å². The average Bonchev–Trinajstić information content (AvgIpc) is 2.83. The number of aromatic nitrogens is 2. The van der Waals surface area contributed by atoms with Gasteiger partial charge in [0.05, 0.1) is 35.8 Å². The molecule has 0 unspecified atom stereocenters. The van der Waals surface area contributed by atoms with Crippen LogP contribution in [0.4, 0.5) is 5.69 Å². The molecule has 0 saturated heterocycles. The highest BCUT2D eigenvalue weighted by Gasteiger charge is 2.27. The molecule has 0 spiro atoms. The lowest BCUT2D eigenvalue weighted by Gasteiger charge is -2.16. The van der Waals surface area contributed by atoms with Gasteiger partial charge < -0.3 is 14.2 Å². The molecule has 0 aliphatic carbocycles. The Labute approximate surface area is 215 Å². The summed E-state index contributed by atoms with van der Waals surface area (Å²) in [5, 5.41) is 16.5. The summed E-state index contributed by atoms with van der Waals surface area (Å²) >= 11 is 3.36. The molecule has 0 amide bonds. The molecule has 0 aliphatic heterocycles. The van der Waals surface area contributed by atoms with Crippen LogP contribution in [0.25, 0.3) is 10.9 Å². The fraction of sp³-hybridized carbons (Fsp3) is 0.333. The monoisotopic (exact) mass is 560 g/mol. The molecule has 36 heavy (non-hydrogen) atoms. The zero-order valence-electron chi connectivity index (χ0n) is 20.4. The lowest BCUT2D eigenvalue weighted by molar-refractivity contribution is -0.386. The zero-order chi connectivity index (χ0) is 26.6. The molecule has 0 radical (unpaired) electrons. The van der Waals surface area contributed by atoms with Gasteiger partial charge in [-0.3, -0.25) is 14.9 Å². The summed E-state index contributed by atoms with van der Waals surface area (Å²) in [4.78, 5) is 40.9. The van der Waals surface area contributed by atoms with Crippen molar-refractivity contribution < 1.29 is 23.9 Å². The quantitative estimate of drug-likeness (QED) is 0.162. The van der Waals surface area contributed by atoms with E-state index in [2.05, 4.69) is 26.0 Å². The number of nitrogens with zero attached hydrogens (tertiary/aromatic N) is 4. The SMILES string of the molecule is CCOC(=O)[C@@H](C)Oc1c(OC)cc(C=Nn2c(C(C)C)nc3ccc(Br)cc3c2=O)cc1[N+](=O)[O-]. The fourth-order valence-corrected chi connectivity index (χ4v) is 3.71. The van der Waals surface area contributed by atoms with E-state index < -0.39 is 22.7 Å². The fourth-order valence-electron chi connectivity index (χ4n) is 3.35. The first-order chi connectivity index (χ1) is 17.1. The summed E-state index contributed by atoms with van der Waals surface area (Å²) < 4.78 is 17.6. The van der Waals surface area contributed by atoms with Gasteiger partial charge in [0.15, 0.2) is 11.9 Å². The van der Waals surface area contributed by atoms with Gasteiger partial charge in [0.2, 0.25) is 5.75 Å². The van der Waals surface area contributed by atoms with Crippen LogP contribution in [0.5, 0.6) is 11.5 Å². The minimum Gasteiger partial charge on any atom is -0.493 e. The van der Waals surface area contributed by atoms with Crippen LogP contribution in [-0.4, -0.2) is 46.6 Å². The summed E-state index contributed by atoms with van der Waals surface area (Å²) in [7, 11) is 1.31. The molecule has 0 fully saturated rings. The Morgan fingerprint density at radius 3 is 2.61 bits per heavy atom. The Kier molecular flexibility index (Phi) is 8.41. The Balaban J connectivity index is 2.11. The van der Waals surface area contributed by atoms with E-state index >= 15 is 0 Å². The second kappa shape index (κ2) is 11.3. The van der Waals surface area contributed by atoms with E-state index in [-0.39, 0.29) is 35.1 Å². The smallest absolute Gasteiger partial charge is 0.347 e. The predicted molar refractivity (Wildman–Crippen MR) is 137 cm³/mol. The summed E-state index contributed by atoms with van der Waals surface area (Å²) in [5.41, 5.74) is -0.0200. The summed E-state index contributed by atoms with van der Waals surface area (Å²) in [6.07, 6.45) is 0.194. The minimum atomic E-state index is -1.10. The maximum atomic E-state index is 13.2. The minimum absolute atomic E-state index is 0.0128. The molecular formula is C24H25BrN4O7. The van der Waals surface area contributed by atoms with Gasteiger partial charge in [0.1, 0.15) is 5.82 Å². The van der Waals surface area contributed by atoms with E-state index in [4.69, 9.17) is 14.2 Å². The maximum absolute atomic E-state index is 13.2. The molecule has 11 nitrogen and oxygen atoms in total. The highest BCUT2D eigenvalue weighted by Crippen LogP contribution is 2.38. The third kappa shape index (κ3) is 5.70. The molecular weight excluding hydrogens is 536 g/mol. The second-order valence-corrected chi connectivity index (χ2v) is 8.90. The molecule has 0 bridgehead atoms. The van der Waals surface area contributed by atoms with Crippen molar-refractivity contribution in [2.24, 2.45) is 5.10 Å². The van der Waals surface area contributed by atoms with Gasteiger partial charge in [-0.1, -0.05) is 29.8 Å². The molecule has 0 N–H and O–H groups in total. The molecule has 3 rings (SSSR count). The average molecular weight is 561 g/mol. The van der Waals surface area contributed by atoms with E-state index in [9.17, 15) is 19.7 Å². The molecule has 0 aliphatic rings. The van der Waals surface area contributed by atoms with Gasteiger partial charge in [-0.05, 0) is 38.1 Å². The van der Waals surface area contributed by atoms with Crippen molar-refractivity contribution in [1.29, 1.82) is 0 Å². The van der Waals surface area contributed by atoms with Crippen molar-refractivity contribution in [3.63, 3.8) is 0 Å². The number of ether oxygens (including phenoxy) is 3. The van der Waals surface area contributed by atoms with Crippen LogP contribution in [0.3, 0.4) is 0 Å². The normalized spacial score (nSPS) is 12.2. The molecule has 1 heterocycles. The third-order valence-corrected chi connectivity index (χ3v) is 5.55. The van der Waals surface area contributed by atoms with E-state index in [0.29, 0.717) is 16.7 Å². The highest BCUT2D eigenvalue weighted by molar-refractivity contribution is 9.10. The van der Waals surface area contributed by atoms with Crippen LogP contribution in [0, 0.1) is 10.1 Å². The van der Waals surface area contributed by atoms with Gasteiger partial charge in [-0.25, -0.2) is 9.78 Å². The van der Waals surface area contributed by atoms with Crippen LogP contribution in [0.1, 0.15) is 45.0 Å². The number of fused-ring (bicyclic) bond motifs is 1. The Hall–Kier alpha value is -3.80. The topological polar surface area (TPSA) is 135 Å². The van der Waals surface area contributed by atoms with E-state index in [1.807, 2.05) is 13.8 Å². The van der Waals surface area contributed by atoms with Crippen molar-refractivity contribution >= 4 is 44.7 Å². The van der Waals surface area contributed by atoms with Crippen LogP contribution >= 0.6 is 15.9 Å². The maximum Gasteiger partial charge on any atom is 0.347 e. The molecule has 2 aromatic carbocycles. The lowest BCUT2D eigenvalue weighted by Crippen LogP contribution is -2.26. The van der Waals surface area contributed by atoms with Crippen molar-refractivity contribution in [3.8, 4) is 11.5 Å². The first-order valence-electron chi connectivity index (χ1n) is 11.0. The van der Waals surface area contributed by atoms with Crippen LogP contribution in [-0.2, 0) is 9.53 Å². The molecule has 1 atom stereocenters. The second-order valence-electron chi connectivity index (χ2n) is 7.99. The number of rotatable bonds is 9. The number of nitro benzene ring substituents is 1. The number of carbonyl (C=O) groups excluding carboxylic acids is 1.